The minimum absolute atomic E-state index is 0.112. The summed E-state index contributed by atoms with van der Waals surface area (Å²) in [4.78, 5) is 13.3. The zero-order valence-electron chi connectivity index (χ0n) is 14.6. The van der Waals surface area contributed by atoms with E-state index in [9.17, 15) is 9.90 Å². The van der Waals surface area contributed by atoms with E-state index in [0.29, 0.717) is 5.76 Å². The molecule has 4 aromatic rings. The van der Waals surface area contributed by atoms with Crippen molar-refractivity contribution in [2.45, 2.75) is 12.5 Å². The third kappa shape index (κ3) is 3.94. The average Bonchev–Trinajstić information content (AvgIpc) is 3.38. The topological polar surface area (TPSA) is 62.5 Å². The number of aliphatic hydroxyl groups excluding tert-OH is 1. The number of aliphatic hydroxyl groups is 1. The van der Waals surface area contributed by atoms with Gasteiger partial charge in [0.15, 0.2) is 0 Å². The van der Waals surface area contributed by atoms with Crippen LogP contribution in [0.2, 0.25) is 0 Å². The van der Waals surface area contributed by atoms with E-state index in [4.69, 9.17) is 4.42 Å². The Kier molecular flexibility index (Phi) is 5.05. The number of nitrogens with one attached hydrogen (secondary N) is 1. The first-order valence-corrected chi connectivity index (χ1v) is 9.64. The van der Waals surface area contributed by atoms with Crippen LogP contribution in [0, 0.1) is 0 Å². The van der Waals surface area contributed by atoms with Gasteiger partial charge >= 0.3 is 0 Å². The maximum atomic E-state index is 12.3. The second-order valence-corrected chi connectivity index (χ2v) is 7.26. The van der Waals surface area contributed by atoms with Gasteiger partial charge in [0.25, 0.3) is 0 Å². The molecule has 0 aliphatic carbocycles. The highest BCUT2D eigenvalue weighted by Crippen LogP contribution is 2.28. The van der Waals surface area contributed by atoms with Gasteiger partial charge in [-0.25, -0.2) is 0 Å². The standard InChI is InChI=1S/C22H19NO3S/c24-18(19-10-11-20(26-19)21-9-4-12-27-21)14-23-22(25)13-16-7-3-6-15-5-1-2-8-17(15)16/h1-12,18,24H,13-14H2,(H,23,25). The third-order valence-electron chi connectivity index (χ3n) is 4.44. The monoisotopic (exact) mass is 377 g/mol. The molecule has 0 fully saturated rings. The van der Waals surface area contributed by atoms with Gasteiger partial charge in [0.2, 0.25) is 5.91 Å². The first-order valence-electron chi connectivity index (χ1n) is 8.76. The van der Waals surface area contributed by atoms with Gasteiger partial charge in [0.05, 0.1) is 17.8 Å². The Morgan fingerprint density at radius 1 is 1.04 bits per heavy atom. The van der Waals surface area contributed by atoms with Gasteiger partial charge in [0, 0.05) is 0 Å². The van der Waals surface area contributed by atoms with Gasteiger partial charge in [-0.2, -0.15) is 0 Å². The van der Waals surface area contributed by atoms with Crippen LogP contribution in [0.15, 0.2) is 76.5 Å². The highest BCUT2D eigenvalue weighted by molar-refractivity contribution is 7.13. The molecule has 136 valence electrons. The maximum absolute atomic E-state index is 12.3. The van der Waals surface area contributed by atoms with E-state index < -0.39 is 6.10 Å². The van der Waals surface area contributed by atoms with Crippen molar-refractivity contribution in [3.05, 3.63) is 83.4 Å². The van der Waals surface area contributed by atoms with Crippen LogP contribution in [0.25, 0.3) is 21.4 Å². The van der Waals surface area contributed by atoms with Crippen molar-refractivity contribution in [3.63, 3.8) is 0 Å². The second kappa shape index (κ2) is 7.78. The number of rotatable bonds is 6. The van der Waals surface area contributed by atoms with E-state index in [0.717, 1.165) is 27.0 Å². The molecule has 0 radical (unpaired) electrons. The van der Waals surface area contributed by atoms with Crippen molar-refractivity contribution < 1.29 is 14.3 Å². The Bertz CT molecular complexity index is 1050. The molecule has 4 rings (SSSR count). The number of thiophene rings is 1. The maximum Gasteiger partial charge on any atom is 0.224 e. The van der Waals surface area contributed by atoms with E-state index in [2.05, 4.69) is 5.32 Å². The minimum atomic E-state index is -0.879. The number of amides is 1. The Labute approximate surface area is 161 Å². The fourth-order valence-electron chi connectivity index (χ4n) is 3.08. The van der Waals surface area contributed by atoms with Crippen molar-refractivity contribution in [1.82, 2.24) is 5.32 Å². The van der Waals surface area contributed by atoms with Gasteiger partial charge in [-0.15, -0.1) is 11.3 Å². The highest BCUT2D eigenvalue weighted by atomic mass is 32.1. The Hall–Kier alpha value is -2.89. The van der Waals surface area contributed by atoms with Gasteiger partial charge in [0.1, 0.15) is 17.6 Å². The predicted molar refractivity (Wildman–Crippen MR) is 108 cm³/mol. The van der Waals surface area contributed by atoms with Crippen molar-refractivity contribution >= 4 is 28.0 Å². The number of hydrogen-bond acceptors (Lipinski definition) is 4. The molecular formula is C22H19NO3S. The van der Waals surface area contributed by atoms with Gasteiger partial charge < -0.3 is 14.8 Å². The normalized spacial score (nSPS) is 12.2. The van der Waals surface area contributed by atoms with Crippen LogP contribution >= 0.6 is 11.3 Å². The number of benzene rings is 2. The Balaban J connectivity index is 1.37. The van der Waals surface area contributed by atoms with Crippen molar-refractivity contribution in [1.29, 1.82) is 0 Å². The highest BCUT2D eigenvalue weighted by Gasteiger charge is 2.15. The molecule has 5 heteroatoms. The van der Waals surface area contributed by atoms with E-state index in [-0.39, 0.29) is 18.9 Å². The van der Waals surface area contributed by atoms with E-state index in [1.54, 1.807) is 17.4 Å². The molecule has 2 N–H and O–H groups in total. The largest absolute Gasteiger partial charge is 0.457 e. The van der Waals surface area contributed by atoms with Crippen molar-refractivity contribution in [2.24, 2.45) is 0 Å². The SMILES string of the molecule is O=C(Cc1cccc2ccccc12)NCC(O)c1ccc(-c2cccs2)o1. The molecule has 0 saturated carbocycles. The number of carbonyl (C=O) groups excluding carboxylic acids is 1. The van der Waals surface area contributed by atoms with Gasteiger partial charge in [-0.1, -0.05) is 48.5 Å². The fourth-order valence-corrected chi connectivity index (χ4v) is 3.76. The second-order valence-electron chi connectivity index (χ2n) is 6.31. The lowest BCUT2D eigenvalue weighted by atomic mass is 10.0. The van der Waals surface area contributed by atoms with Gasteiger partial charge in [-0.3, -0.25) is 4.79 Å². The summed E-state index contributed by atoms with van der Waals surface area (Å²) in [5.41, 5.74) is 0.970. The summed E-state index contributed by atoms with van der Waals surface area (Å²) in [5, 5.41) is 17.3. The van der Waals surface area contributed by atoms with Crippen LogP contribution in [-0.4, -0.2) is 17.6 Å². The smallest absolute Gasteiger partial charge is 0.224 e. The molecule has 2 aromatic carbocycles. The summed E-state index contributed by atoms with van der Waals surface area (Å²) >= 11 is 1.58. The first kappa shape index (κ1) is 17.5. The van der Waals surface area contributed by atoms with E-state index in [1.807, 2.05) is 66.0 Å². The summed E-state index contributed by atoms with van der Waals surface area (Å²) in [7, 11) is 0. The molecule has 27 heavy (non-hydrogen) atoms. The quantitative estimate of drug-likeness (QED) is 0.518. The molecule has 1 unspecified atom stereocenters. The molecule has 0 aliphatic rings. The number of carbonyl (C=O) groups is 1. The molecule has 0 saturated heterocycles. The summed E-state index contributed by atoms with van der Waals surface area (Å²) in [6.45, 7) is 0.112. The Morgan fingerprint density at radius 3 is 2.74 bits per heavy atom. The summed E-state index contributed by atoms with van der Waals surface area (Å²) in [6.07, 6.45) is -0.609. The molecule has 0 spiro atoms. The Morgan fingerprint density at radius 2 is 1.89 bits per heavy atom. The van der Waals surface area contributed by atoms with Crippen molar-refractivity contribution in [3.8, 4) is 10.6 Å². The van der Waals surface area contributed by atoms with Crippen LogP contribution in [0.3, 0.4) is 0 Å². The van der Waals surface area contributed by atoms with Crippen molar-refractivity contribution in [2.75, 3.05) is 6.54 Å². The van der Waals surface area contributed by atoms with Crippen LogP contribution in [0.5, 0.6) is 0 Å². The van der Waals surface area contributed by atoms with Crippen LogP contribution in [0.1, 0.15) is 17.4 Å². The lowest BCUT2D eigenvalue weighted by molar-refractivity contribution is -0.120. The lowest BCUT2D eigenvalue weighted by Gasteiger charge is -2.11. The zero-order valence-corrected chi connectivity index (χ0v) is 15.4. The summed E-state index contributed by atoms with van der Waals surface area (Å²) < 4.78 is 5.71. The van der Waals surface area contributed by atoms with Gasteiger partial charge in [-0.05, 0) is 39.9 Å². The van der Waals surface area contributed by atoms with Crippen LogP contribution in [-0.2, 0) is 11.2 Å². The van der Waals surface area contributed by atoms with E-state index >= 15 is 0 Å². The molecule has 0 bridgehead atoms. The molecule has 4 nitrogen and oxygen atoms in total. The lowest BCUT2D eigenvalue weighted by Crippen LogP contribution is -2.29. The molecule has 1 amide bonds. The molecule has 0 aliphatic heterocycles. The number of fused-ring (bicyclic) bond motifs is 1. The van der Waals surface area contributed by atoms with E-state index in [1.165, 1.54) is 0 Å². The molecule has 1 atom stereocenters. The first-order chi connectivity index (χ1) is 13.2. The average molecular weight is 377 g/mol. The summed E-state index contributed by atoms with van der Waals surface area (Å²) in [6, 6.07) is 21.4. The van der Waals surface area contributed by atoms with Crippen LogP contribution in [0.4, 0.5) is 0 Å². The number of furan rings is 1. The van der Waals surface area contributed by atoms with Crippen LogP contribution < -0.4 is 5.32 Å². The molecule has 2 heterocycles. The third-order valence-corrected chi connectivity index (χ3v) is 5.33. The zero-order chi connectivity index (χ0) is 18.6. The fraction of sp³-hybridized carbons (Fsp3) is 0.136. The molecule has 2 aromatic heterocycles. The predicted octanol–water partition coefficient (Wildman–Crippen LogP) is 4.55. The number of hydrogen-bond donors (Lipinski definition) is 2. The molecular weight excluding hydrogens is 358 g/mol. The minimum Gasteiger partial charge on any atom is -0.457 e. The summed E-state index contributed by atoms with van der Waals surface area (Å²) in [5.74, 6) is 1.04.